The Labute approximate surface area is 121 Å². The van der Waals surface area contributed by atoms with E-state index in [-0.39, 0.29) is 0 Å². The Kier molecular flexibility index (Phi) is 6.30. The van der Waals surface area contributed by atoms with E-state index in [0.29, 0.717) is 12.5 Å². The van der Waals surface area contributed by atoms with Gasteiger partial charge in [0.15, 0.2) is 0 Å². The molecule has 1 aromatic carbocycles. The van der Waals surface area contributed by atoms with Crippen LogP contribution in [0.2, 0.25) is 0 Å². The number of hydrogen-bond acceptors (Lipinski definition) is 4. The first-order valence-electron chi connectivity index (χ1n) is 7.35. The van der Waals surface area contributed by atoms with Gasteiger partial charge in [0, 0.05) is 24.6 Å². The zero-order valence-corrected chi connectivity index (χ0v) is 12.5. The van der Waals surface area contributed by atoms with Gasteiger partial charge >= 0.3 is 0 Å². The van der Waals surface area contributed by atoms with Crippen LogP contribution in [-0.4, -0.2) is 33.5 Å². The molecule has 1 aliphatic rings. The fourth-order valence-corrected chi connectivity index (χ4v) is 2.37. The highest BCUT2D eigenvalue weighted by Gasteiger charge is 2.16. The Morgan fingerprint density at radius 1 is 1.40 bits per heavy atom. The van der Waals surface area contributed by atoms with Crippen molar-refractivity contribution in [2.45, 2.75) is 26.5 Å². The molecule has 4 heteroatoms. The molecule has 0 spiro atoms. The summed E-state index contributed by atoms with van der Waals surface area (Å²) in [5.74, 6) is 1.44. The fraction of sp³-hybridized carbons (Fsp3) is 0.625. The predicted octanol–water partition coefficient (Wildman–Crippen LogP) is 2.36. The van der Waals surface area contributed by atoms with E-state index in [0.717, 1.165) is 50.6 Å². The van der Waals surface area contributed by atoms with Crippen molar-refractivity contribution in [3.8, 4) is 5.75 Å². The first-order valence-corrected chi connectivity index (χ1v) is 7.35. The van der Waals surface area contributed by atoms with Crippen molar-refractivity contribution >= 4 is 0 Å². The van der Waals surface area contributed by atoms with Gasteiger partial charge in [-0.2, -0.15) is 0 Å². The maximum atomic E-state index is 5.83. The average molecular weight is 279 g/mol. The van der Waals surface area contributed by atoms with E-state index in [2.05, 4.69) is 24.4 Å². The van der Waals surface area contributed by atoms with Gasteiger partial charge in [-0.3, -0.25) is 0 Å². The molecule has 1 aromatic rings. The molecule has 1 saturated heterocycles. The summed E-state index contributed by atoms with van der Waals surface area (Å²) in [6, 6.07) is 6.27. The summed E-state index contributed by atoms with van der Waals surface area (Å²) >= 11 is 0. The van der Waals surface area contributed by atoms with Crippen LogP contribution in [0.5, 0.6) is 5.75 Å². The molecule has 1 unspecified atom stereocenters. The summed E-state index contributed by atoms with van der Waals surface area (Å²) in [4.78, 5) is 0. The highest BCUT2D eigenvalue weighted by atomic mass is 16.5. The highest BCUT2D eigenvalue weighted by Crippen LogP contribution is 2.22. The van der Waals surface area contributed by atoms with Crippen molar-refractivity contribution in [1.82, 2.24) is 5.32 Å². The van der Waals surface area contributed by atoms with Crippen LogP contribution in [0.25, 0.3) is 0 Å². The van der Waals surface area contributed by atoms with E-state index < -0.39 is 0 Å². The Hall–Kier alpha value is -1.10. The van der Waals surface area contributed by atoms with Gasteiger partial charge in [-0.25, -0.2) is 0 Å². The van der Waals surface area contributed by atoms with E-state index >= 15 is 0 Å². The minimum absolute atomic E-state index is 0.547. The van der Waals surface area contributed by atoms with E-state index in [1.807, 2.05) is 6.07 Å². The molecule has 0 aliphatic carbocycles. The number of benzene rings is 1. The minimum Gasteiger partial charge on any atom is -0.496 e. The van der Waals surface area contributed by atoms with Gasteiger partial charge in [-0.1, -0.05) is 13.0 Å². The third-order valence-corrected chi connectivity index (χ3v) is 3.56. The van der Waals surface area contributed by atoms with Gasteiger partial charge in [0.2, 0.25) is 0 Å². The van der Waals surface area contributed by atoms with Gasteiger partial charge < -0.3 is 19.5 Å². The van der Waals surface area contributed by atoms with Crippen molar-refractivity contribution in [2.75, 3.05) is 33.5 Å². The molecule has 1 fully saturated rings. The molecule has 1 aliphatic heterocycles. The molecule has 0 radical (unpaired) electrons. The second kappa shape index (κ2) is 8.25. The Bertz CT molecular complexity index is 403. The largest absolute Gasteiger partial charge is 0.496 e. The number of nitrogens with one attached hydrogen (secondary N) is 1. The first-order chi connectivity index (χ1) is 9.83. The van der Waals surface area contributed by atoms with Gasteiger partial charge in [-0.05, 0) is 30.7 Å². The lowest BCUT2D eigenvalue weighted by molar-refractivity contribution is 0.0779. The number of rotatable bonds is 8. The molecule has 1 atom stereocenters. The summed E-state index contributed by atoms with van der Waals surface area (Å²) in [6.45, 7) is 7.02. The lowest BCUT2D eigenvalue weighted by Crippen LogP contribution is -2.12. The minimum atomic E-state index is 0.547. The van der Waals surface area contributed by atoms with Crippen LogP contribution >= 0.6 is 0 Å². The summed E-state index contributed by atoms with van der Waals surface area (Å²) in [5.41, 5.74) is 2.37. The summed E-state index contributed by atoms with van der Waals surface area (Å²) in [7, 11) is 1.70. The molecular formula is C16H25NO3. The zero-order valence-electron chi connectivity index (χ0n) is 12.5. The van der Waals surface area contributed by atoms with Gasteiger partial charge in [0.1, 0.15) is 5.75 Å². The lowest BCUT2D eigenvalue weighted by Gasteiger charge is -2.13. The van der Waals surface area contributed by atoms with Crippen molar-refractivity contribution < 1.29 is 14.2 Å². The second-order valence-electron chi connectivity index (χ2n) is 5.17. The van der Waals surface area contributed by atoms with E-state index in [1.54, 1.807) is 7.11 Å². The summed E-state index contributed by atoms with van der Waals surface area (Å²) in [6.07, 6.45) is 1.11. The molecule has 0 saturated carbocycles. The molecule has 4 nitrogen and oxygen atoms in total. The Morgan fingerprint density at radius 2 is 2.30 bits per heavy atom. The van der Waals surface area contributed by atoms with Crippen molar-refractivity contribution in [1.29, 1.82) is 0 Å². The number of methoxy groups -OCH3 is 1. The van der Waals surface area contributed by atoms with Crippen LogP contribution in [0.3, 0.4) is 0 Å². The van der Waals surface area contributed by atoms with E-state index in [9.17, 15) is 0 Å². The summed E-state index contributed by atoms with van der Waals surface area (Å²) in [5, 5.41) is 3.33. The fourth-order valence-electron chi connectivity index (χ4n) is 2.37. The van der Waals surface area contributed by atoms with E-state index in [1.165, 1.54) is 5.56 Å². The van der Waals surface area contributed by atoms with Crippen molar-refractivity contribution in [3.05, 3.63) is 29.3 Å². The Morgan fingerprint density at radius 3 is 3.00 bits per heavy atom. The molecule has 0 aromatic heterocycles. The third-order valence-electron chi connectivity index (χ3n) is 3.56. The molecular weight excluding hydrogens is 254 g/mol. The summed E-state index contributed by atoms with van der Waals surface area (Å²) < 4.78 is 16.6. The predicted molar refractivity (Wildman–Crippen MR) is 79.0 cm³/mol. The molecule has 1 heterocycles. The lowest BCUT2D eigenvalue weighted by atomic mass is 10.1. The van der Waals surface area contributed by atoms with Crippen LogP contribution in [-0.2, 0) is 22.6 Å². The highest BCUT2D eigenvalue weighted by molar-refractivity contribution is 5.36. The van der Waals surface area contributed by atoms with Gasteiger partial charge in [-0.15, -0.1) is 0 Å². The molecule has 0 amide bonds. The molecule has 2 rings (SSSR count). The maximum absolute atomic E-state index is 5.83. The topological polar surface area (TPSA) is 39.7 Å². The van der Waals surface area contributed by atoms with Crippen LogP contribution in [0.4, 0.5) is 0 Å². The van der Waals surface area contributed by atoms with Gasteiger partial charge in [0.25, 0.3) is 0 Å². The normalized spacial score (nSPS) is 18.4. The van der Waals surface area contributed by atoms with Crippen LogP contribution < -0.4 is 10.1 Å². The number of hydrogen-bond donors (Lipinski definition) is 1. The standard InChI is InChI=1S/C16H25NO3/c1-3-17-9-13-4-5-16(18-2)15(8-13)12-20-11-14-6-7-19-10-14/h4-5,8,14,17H,3,6-7,9-12H2,1-2H3. The zero-order chi connectivity index (χ0) is 14.2. The first kappa shape index (κ1) is 15.3. The third kappa shape index (κ3) is 4.47. The molecule has 112 valence electrons. The quantitative estimate of drug-likeness (QED) is 0.793. The number of ether oxygens (including phenoxy) is 3. The molecule has 1 N–H and O–H groups in total. The van der Waals surface area contributed by atoms with Crippen LogP contribution in [0.15, 0.2) is 18.2 Å². The molecule has 0 bridgehead atoms. The van der Waals surface area contributed by atoms with Gasteiger partial charge in [0.05, 0.1) is 26.9 Å². The Balaban J connectivity index is 1.89. The van der Waals surface area contributed by atoms with Crippen molar-refractivity contribution in [3.63, 3.8) is 0 Å². The smallest absolute Gasteiger partial charge is 0.124 e. The molecule has 20 heavy (non-hydrogen) atoms. The monoisotopic (exact) mass is 279 g/mol. The van der Waals surface area contributed by atoms with Crippen LogP contribution in [0, 0.1) is 5.92 Å². The van der Waals surface area contributed by atoms with E-state index in [4.69, 9.17) is 14.2 Å². The van der Waals surface area contributed by atoms with Crippen molar-refractivity contribution in [2.24, 2.45) is 5.92 Å². The maximum Gasteiger partial charge on any atom is 0.124 e. The van der Waals surface area contributed by atoms with Crippen LogP contribution in [0.1, 0.15) is 24.5 Å². The SMILES string of the molecule is CCNCc1ccc(OC)c(COCC2CCOC2)c1. The second-order valence-corrected chi connectivity index (χ2v) is 5.17. The average Bonchev–Trinajstić information content (AvgIpc) is 2.98.